The molecule has 0 atom stereocenters. The lowest BCUT2D eigenvalue weighted by Gasteiger charge is -2.21. The highest BCUT2D eigenvalue weighted by atomic mass is 35.5. The fourth-order valence-corrected chi connectivity index (χ4v) is 2.89. The number of halogens is 1. The maximum absolute atomic E-state index is 6.37. The van der Waals surface area contributed by atoms with Gasteiger partial charge in [-0.15, -0.1) is 0 Å². The number of pyridine rings is 1. The Morgan fingerprint density at radius 3 is 2.52 bits per heavy atom. The normalized spacial score (nSPS) is 15.0. The lowest BCUT2D eigenvalue weighted by atomic mass is 9.87. The second-order valence-corrected chi connectivity index (χ2v) is 7.10. The molecule has 1 aromatic heterocycles. The Bertz CT molecular complexity index is 657. The number of hydrogen-bond acceptors (Lipinski definition) is 2. The Morgan fingerprint density at radius 2 is 1.90 bits per heavy atom. The van der Waals surface area contributed by atoms with Crippen LogP contribution in [0.4, 0.5) is 0 Å². The second kappa shape index (κ2) is 5.34. The minimum Gasteiger partial charge on any atom is -0.439 e. The van der Waals surface area contributed by atoms with Gasteiger partial charge in [0.25, 0.3) is 0 Å². The summed E-state index contributed by atoms with van der Waals surface area (Å²) in [5.41, 5.74) is 2.47. The molecular weight excluding hydrogens is 282 g/mol. The molecule has 3 rings (SSSR count). The van der Waals surface area contributed by atoms with Crippen molar-refractivity contribution in [2.24, 2.45) is 0 Å². The summed E-state index contributed by atoms with van der Waals surface area (Å²) >= 11 is 6.37. The van der Waals surface area contributed by atoms with Crippen molar-refractivity contribution < 1.29 is 4.74 Å². The van der Waals surface area contributed by atoms with Crippen LogP contribution in [0.2, 0.25) is 5.02 Å². The molecule has 21 heavy (non-hydrogen) atoms. The molecule has 0 spiro atoms. The Hall–Kier alpha value is -1.54. The van der Waals surface area contributed by atoms with E-state index in [4.69, 9.17) is 16.3 Å². The van der Waals surface area contributed by atoms with E-state index in [0.29, 0.717) is 11.8 Å². The maximum Gasteiger partial charge on any atom is 0.219 e. The van der Waals surface area contributed by atoms with Gasteiger partial charge in [-0.25, -0.2) is 4.98 Å². The van der Waals surface area contributed by atoms with Gasteiger partial charge in [-0.05, 0) is 53.5 Å². The molecule has 110 valence electrons. The minimum absolute atomic E-state index is 0.0275. The van der Waals surface area contributed by atoms with Crippen LogP contribution in [0.1, 0.15) is 50.7 Å². The molecule has 0 saturated heterocycles. The lowest BCUT2D eigenvalue weighted by Crippen LogP contribution is -2.11. The summed E-state index contributed by atoms with van der Waals surface area (Å²) in [6, 6.07) is 9.96. The van der Waals surface area contributed by atoms with Crippen LogP contribution in [0, 0.1) is 0 Å². The van der Waals surface area contributed by atoms with Gasteiger partial charge in [-0.1, -0.05) is 38.4 Å². The smallest absolute Gasteiger partial charge is 0.219 e. The average Bonchev–Trinajstić information content (AvgIpc) is 3.21. The molecule has 2 aromatic rings. The Labute approximate surface area is 131 Å². The van der Waals surface area contributed by atoms with Crippen molar-refractivity contribution >= 4 is 11.6 Å². The van der Waals surface area contributed by atoms with Crippen LogP contribution in [0.25, 0.3) is 0 Å². The summed E-state index contributed by atoms with van der Waals surface area (Å²) in [6.45, 7) is 6.44. The third kappa shape index (κ3) is 3.38. The molecule has 0 N–H and O–H groups in total. The molecule has 1 aliphatic carbocycles. The zero-order valence-electron chi connectivity index (χ0n) is 12.7. The van der Waals surface area contributed by atoms with Gasteiger partial charge in [-0.2, -0.15) is 0 Å². The van der Waals surface area contributed by atoms with Crippen molar-refractivity contribution in [1.82, 2.24) is 4.98 Å². The van der Waals surface area contributed by atoms with Gasteiger partial charge >= 0.3 is 0 Å². The van der Waals surface area contributed by atoms with Crippen molar-refractivity contribution in [3.8, 4) is 11.6 Å². The topological polar surface area (TPSA) is 22.1 Å². The number of aromatic nitrogens is 1. The highest BCUT2D eigenvalue weighted by molar-refractivity contribution is 6.31. The lowest BCUT2D eigenvalue weighted by molar-refractivity contribution is 0.461. The monoisotopic (exact) mass is 301 g/mol. The van der Waals surface area contributed by atoms with Crippen LogP contribution in [0.5, 0.6) is 11.6 Å². The van der Waals surface area contributed by atoms with Crippen LogP contribution in [-0.2, 0) is 5.41 Å². The van der Waals surface area contributed by atoms with E-state index in [1.165, 1.54) is 18.4 Å². The third-order valence-electron chi connectivity index (χ3n) is 3.78. The zero-order valence-corrected chi connectivity index (χ0v) is 13.4. The van der Waals surface area contributed by atoms with Crippen molar-refractivity contribution in [2.45, 2.75) is 44.9 Å². The summed E-state index contributed by atoms with van der Waals surface area (Å²) in [4.78, 5) is 4.28. The molecular formula is C18H20ClNO. The number of hydrogen-bond donors (Lipinski definition) is 0. The molecule has 1 aromatic carbocycles. The Balaban J connectivity index is 1.82. The average molecular weight is 302 g/mol. The van der Waals surface area contributed by atoms with Crippen LogP contribution in [0.15, 0.2) is 36.5 Å². The second-order valence-electron chi connectivity index (χ2n) is 6.70. The van der Waals surface area contributed by atoms with E-state index in [2.05, 4.69) is 31.8 Å². The minimum atomic E-state index is 0.0275. The Kier molecular flexibility index (Phi) is 3.66. The van der Waals surface area contributed by atoms with Crippen LogP contribution < -0.4 is 4.74 Å². The van der Waals surface area contributed by atoms with E-state index in [-0.39, 0.29) is 5.41 Å². The van der Waals surface area contributed by atoms with Crippen molar-refractivity contribution in [3.63, 3.8) is 0 Å². The molecule has 1 saturated carbocycles. The summed E-state index contributed by atoms with van der Waals surface area (Å²) in [5.74, 6) is 2.06. The molecule has 0 radical (unpaired) electrons. The predicted molar refractivity (Wildman–Crippen MR) is 86.4 cm³/mol. The standard InChI is InChI=1S/C18H20ClNO/c1-18(2,3)15-7-6-14(11-16(15)19)21-17-10-13(8-9-20-17)12-4-5-12/h6-12H,4-5H2,1-3H3. The summed E-state index contributed by atoms with van der Waals surface area (Å²) in [7, 11) is 0. The molecule has 2 nitrogen and oxygen atoms in total. The van der Waals surface area contributed by atoms with E-state index in [1.54, 1.807) is 0 Å². The van der Waals surface area contributed by atoms with Crippen LogP contribution >= 0.6 is 11.6 Å². The first-order valence-corrected chi connectivity index (χ1v) is 7.75. The van der Waals surface area contributed by atoms with Gasteiger partial charge in [0.1, 0.15) is 5.75 Å². The quantitative estimate of drug-likeness (QED) is 0.725. The zero-order chi connectivity index (χ0) is 15.0. The molecule has 3 heteroatoms. The number of benzene rings is 1. The summed E-state index contributed by atoms with van der Waals surface area (Å²) < 4.78 is 5.85. The first-order chi connectivity index (χ1) is 9.93. The van der Waals surface area contributed by atoms with E-state index in [1.807, 2.05) is 30.5 Å². The number of rotatable bonds is 3. The van der Waals surface area contributed by atoms with Gasteiger partial charge in [0, 0.05) is 17.3 Å². The first kappa shape index (κ1) is 14.4. The molecule has 0 amide bonds. The van der Waals surface area contributed by atoms with Crippen molar-refractivity contribution in [3.05, 3.63) is 52.7 Å². The summed E-state index contributed by atoms with van der Waals surface area (Å²) in [6.07, 6.45) is 4.36. The molecule has 1 aliphatic rings. The van der Waals surface area contributed by atoms with Crippen LogP contribution in [-0.4, -0.2) is 4.98 Å². The van der Waals surface area contributed by atoms with E-state index in [9.17, 15) is 0 Å². The molecule has 1 heterocycles. The predicted octanol–water partition coefficient (Wildman–Crippen LogP) is 5.70. The highest BCUT2D eigenvalue weighted by Gasteiger charge is 2.24. The van der Waals surface area contributed by atoms with Gasteiger partial charge in [0.2, 0.25) is 5.88 Å². The fourth-order valence-electron chi connectivity index (χ4n) is 2.44. The number of nitrogens with zero attached hydrogens (tertiary/aromatic N) is 1. The summed E-state index contributed by atoms with van der Waals surface area (Å²) in [5, 5.41) is 0.735. The Morgan fingerprint density at radius 1 is 1.14 bits per heavy atom. The molecule has 1 fully saturated rings. The van der Waals surface area contributed by atoms with Crippen molar-refractivity contribution in [1.29, 1.82) is 0 Å². The largest absolute Gasteiger partial charge is 0.439 e. The molecule has 0 bridgehead atoms. The van der Waals surface area contributed by atoms with E-state index in [0.717, 1.165) is 16.3 Å². The first-order valence-electron chi connectivity index (χ1n) is 7.37. The number of ether oxygens (including phenoxy) is 1. The van der Waals surface area contributed by atoms with Gasteiger partial charge in [-0.3, -0.25) is 0 Å². The van der Waals surface area contributed by atoms with Crippen molar-refractivity contribution in [2.75, 3.05) is 0 Å². The van der Waals surface area contributed by atoms with Crippen LogP contribution in [0.3, 0.4) is 0 Å². The SMILES string of the molecule is CC(C)(C)c1ccc(Oc2cc(C3CC3)ccn2)cc1Cl. The van der Waals surface area contributed by atoms with E-state index >= 15 is 0 Å². The highest BCUT2D eigenvalue weighted by Crippen LogP contribution is 2.41. The fraction of sp³-hybridized carbons (Fsp3) is 0.389. The van der Waals surface area contributed by atoms with E-state index < -0.39 is 0 Å². The van der Waals surface area contributed by atoms with Gasteiger partial charge in [0.05, 0.1) is 0 Å². The van der Waals surface area contributed by atoms with Gasteiger partial charge in [0.15, 0.2) is 0 Å². The molecule has 0 unspecified atom stereocenters. The van der Waals surface area contributed by atoms with Gasteiger partial charge < -0.3 is 4.74 Å². The maximum atomic E-state index is 6.37. The third-order valence-corrected chi connectivity index (χ3v) is 4.09. The molecule has 0 aliphatic heterocycles.